The number of carbonyl (C=O) groups excluding carboxylic acids is 1. The largest absolute Gasteiger partial charge is 0.477 e. The minimum absolute atomic E-state index is 0.0246. The van der Waals surface area contributed by atoms with E-state index in [2.05, 4.69) is 6.92 Å². The predicted octanol–water partition coefficient (Wildman–Crippen LogP) is 2.49. The maximum atomic E-state index is 11.7. The van der Waals surface area contributed by atoms with Gasteiger partial charge in [0.1, 0.15) is 5.69 Å². The van der Waals surface area contributed by atoms with Gasteiger partial charge in [0.25, 0.3) is 0 Å². The Bertz CT molecular complexity index is 393. The van der Waals surface area contributed by atoms with Crippen molar-refractivity contribution in [3.05, 3.63) is 23.5 Å². The molecule has 16 heavy (non-hydrogen) atoms. The van der Waals surface area contributed by atoms with Gasteiger partial charge in [-0.1, -0.05) is 19.8 Å². The Kier molecular flexibility index (Phi) is 4.28. The molecule has 0 saturated heterocycles. The maximum Gasteiger partial charge on any atom is 0.352 e. The minimum atomic E-state index is -1.00. The second kappa shape index (κ2) is 5.49. The second-order valence-corrected chi connectivity index (χ2v) is 3.91. The van der Waals surface area contributed by atoms with Crippen LogP contribution in [0.1, 0.15) is 53.5 Å². The van der Waals surface area contributed by atoms with E-state index in [0.717, 1.165) is 19.3 Å². The molecular formula is C12H17NO3. The predicted molar refractivity (Wildman–Crippen MR) is 60.8 cm³/mol. The van der Waals surface area contributed by atoms with E-state index in [-0.39, 0.29) is 11.5 Å². The van der Waals surface area contributed by atoms with Gasteiger partial charge in [-0.25, -0.2) is 4.79 Å². The summed E-state index contributed by atoms with van der Waals surface area (Å²) in [4.78, 5) is 22.5. The normalized spacial score (nSPS) is 10.4. The van der Waals surface area contributed by atoms with Gasteiger partial charge in [0, 0.05) is 25.2 Å². The fourth-order valence-corrected chi connectivity index (χ4v) is 1.61. The lowest BCUT2D eigenvalue weighted by molar-refractivity contribution is 0.0686. The maximum absolute atomic E-state index is 11.7. The molecule has 1 N–H and O–H groups in total. The molecule has 1 aromatic heterocycles. The summed E-state index contributed by atoms with van der Waals surface area (Å²) in [6, 6.07) is 1.44. The van der Waals surface area contributed by atoms with Crippen molar-refractivity contribution in [1.29, 1.82) is 0 Å². The third-order valence-electron chi connectivity index (χ3n) is 2.55. The number of aromatic carboxylic acids is 1. The topological polar surface area (TPSA) is 59.3 Å². The first-order chi connectivity index (χ1) is 7.56. The van der Waals surface area contributed by atoms with Crippen LogP contribution in [0.15, 0.2) is 12.3 Å². The molecule has 0 unspecified atom stereocenters. The van der Waals surface area contributed by atoms with Crippen LogP contribution in [0.5, 0.6) is 0 Å². The number of rotatable bonds is 6. The number of hydrogen-bond acceptors (Lipinski definition) is 2. The number of carbonyl (C=O) groups is 2. The van der Waals surface area contributed by atoms with Crippen LogP contribution in [0.3, 0.4) is 0 Å². The summed E-state index contributed by atoms with van der Waals surface area (Å²) < 4.78 is 1.47. The van der Waals surface area contributed by atoms with Crippen molar-refractivity contribution in [1.82, 2.24) is 4.57 Å². The van der Waals surface area contributed by atoms with Gasteiger partial charge in [0.2, 0.25) is 0 Å². The molecule has 0 aromatic carbocycles. The molecule has 0 fully saturated rings. The smallest absolute Gasteiger partial charge is 0.352 e. The number of aryl methyl sites for hydroxylation is 1. The summed E-state index contributed by atoms with van der Waals surface area (Å²) in [6.07, 6.45) is 5.05. The van der Waals surface area contributed by atoms with Crippen LogP contribution in [-0.4, -0.2) is 21.4 Å². The number of carboxylic acid groups (broad SMARTS) is 1. The quantitative estimate of drug-likeness (QED) is 0.595. The van der Waals surface area contributed by atoms with E-state index >= 15 is 0 Å². The Labute approximate surface area is 94.9 Å². The summed E-state index contributed by atoms with van der Waals surface area (Å²) in [5, 5.41) is 8.84. The molecule has 0 aliphatic rings. The summed E-state index contributed by atoms with van der Waals surface area (Å²) in [5.41, 5.74) is 0.648. The minimum Gasteiger partial charge on any atom is -0.477 e. The SMILES string of the molecule is CCCCCC(=O)c1cc(C(=O)O)n(C)c1. The Morgan fingerprint density at radius 1 is 1.38 bits per heavy atom. The van der Waals surface area contributed by atoms with E-state index in [1.165, 1.54) is 10.6 Å². The monoisotopic (exact) mass is 223 g/mol. The van der Waals surface area contributed by atoms with Gasteiger partial charge in [0.05, 0.1) is 0 Å². The molecule has 0 saturated carbocycles. The number of hydrogen-bond donors (Lipinski definition) is 1. The number of unbranched alkanes of at least 4 members (excludes halogenated alkanes) is 2. The van der Waals surface area contributed by atoms with Gasteiger partial charge in [-0.05, 0) is 12.5 Å². The van der Waals surface area contributed by atoms with E-state index in [4.69, 9.17) is 5.11 Å². The van der Waals surface area contributed by atoms with Crippen LogP contribution < -0.4 is 0 Å². The number of nitrogens with zero attached hydrogens (tertiary/aromatic N) is 1. The molecule has 4 nitrogen and oxygen atoms in total. The second-order valence-electron chi connectivity index (χ2n) is 3.91. The standard InChI is InChI=1S/C12H17NO3/c1-3-4-5-6-11(14)9-7-10(12(15)16)13(2)8-9/h7-8H,3-6H2,1-2H3,(H,15,16). The van der Waals surface area contributed by atoms with E-state index in [1.54, 1.807) is 13.2 Å². The van der Waals surface area contributed by atoms with Crippen molar-refractivity contribution < 1.29 is 14.7 Å². The zero-order chi connectivity index (χ0) is 12.1. The number of aromatic nitrogens is 1. The van der Waals surface area contributed by atoms with Crippen LogP contribution in [0, 0.1) is 0 Å². The zero-order valence-corrected chi connectivity index (χ0v) is 9.69. The highest BCUT2D eigenvalue weighted by atomic mass is 16.4. The number of carboxylic acids is 1. The van der Waals surface area contributed by atoms with Crippen molar-refractivity contribution in [3.8, 4) is 0 Å². The van der Waals surface area contributed by atoms with E-state index in [0.29, 0.717) is 12.0 Å². The zero-order valence-electron chi connectivity index (χ0n) is 9.69. The summed E-state index contributed by atoms with van der Waals surface area (Å²) >= 11 is 0. The van der Waals surface area contributed by atoms with Gasteiger partial charge in [0.15, 0.2) is 5.78 Å². The third kappa shape index (κ3) is 2.95. The molecule has 0 aliphatic carbocycles. The molecular weight excluding hydrogens is 206 g/mol. The Balaban J connectivity index is 2.69. The van der Waals surface area contributed by atoms with Gasteiger partial charge in [-0.2, -0.15) is 0 Å². The molecule has 1 aromatic rings. The first kappa shape index (κ1) is 12.5. The van der Waals surface area contributed by atoms with Crippen molar-refractivity contribution in [2.24, 2.45) is 7.05 Å². The first-order valence-corrected chi connectivity index (χ1v) is 5.49. The van der Waals surface area contributed by atoms with Crippen molar-refractivity contribution >= 4 is 11.8 Å². The first-order valence-electron chi connectivity index (χ1n) is 5.49. The van der Waals surface area contributed by atoms with Crippen molar-refractivity contribution in [2.45, 2.75) is 32.6 Å². The van der Waals surface area contributed by atoms with Gasteiger partial charge in [-0.15, -0.1) is 0 Å². The van der Waals surface area contributed by atoms with E-state index in [9.17, 15) is 9.59 Å². The molecule has 4 heteroatoms. The van der Waals surface area contributed by atoms with E-state index < -0.39 is 5.97 Å². The summed E-state index contributed by atoms with van der Waals surface area (Å²) in [6.45, 7) is 2.08. The highest BCUT2D eigenvalue weighted by molar-refractivity contribution is 5.98. The van der Waals surface area contributed by atoms with E-state index in [1.807, 2.05) is 0 Å². The fourth-order valence-electron chi connectivity index (χ4n) is 1.61. The summed E-state index contributed by atoms with van der Waals surface area (Å²) in [5.74, 6) is -0.980. The number of Topliss-reactive ketones (excluding diaryl/α,β-unsaturated/α-hetero) is 1. The lowest BCUT2D eigenvalue weighted by Gasteiger charge is -1.96. The highest BCUT2D eigenvalue weighted by Gasteiger charge is 2.14. The molecule has 0 amide bonds. The van der Waals surface area contributed by atoms with Crippen LogP contribution in [0.4, 0.5) is 0 Å². The lowest BCUT2D eigenvalue weighted by Crippen LogP contribution is -2.02. The van der Waals surface area contributed by atoms with Crippen LogP contribution in [0.2, 0.25) is 0 Å². The van der Waals surface area contributed by atoms with Crippen LogP contribution >= 0.6 is 0 Å². The summed E-state index contributed by atoms with van der Waals surface area (Å²) in [7, 11) is 1.63. The molecule has 0 atom stereocenters. The Morgan fingerprint density at radius 2 is 2.06 bits per heavy atom. The average Bonchev–Trinajstić information content (AvgIpc) is 2.60. The Morgan fingerprint density at radius 3 is 2.56 bits per heavy atom. The van der Waals surface area contributed by atoms with Crippen molar-refractivity contribution in [3.63, 3.8) is 0 Å². The van der Waals surface area contributed by atoms with Crippen molar-refractivity contribution in [2.75, 3.05) is 0 Å². The van der Waals surface area contributed by atoms with Gasteiger partial charge < -0.3 is 9.67 Å². The van der Waals surface area contributed by atoms with Gasteiger partial charge >= 0.3 is 5.97 Å². The van der Waals surface area contributed by atoms with Crippen LogP contribution in [-0.2, 0) is 7.05 Å². The molecule has 88 valence electrons. The molecule has 0 bridgehead atoms. The molecule has 0 radical (unpaired) electrons. The van der Waals surface area contributed by atoms with Crippen LogP contribution in [0.25, 0.3) is 0 Å². The van der Waals surface area contributed by atoms with Gasteiger partial charge in [-0.3, -0.25) is 4.79 Å². The molecule has 1 rings (SSSR count). The molecule has 1 heterocycles. The highest BCUT2D eigenvalue weighted by Crippen LogP contribution is 2.12. The number of ketones is 1. The lowest BCUT2D eigenvalue weighted by atomic mass is 10.1. The fraction of sp³-hybridized carbons (Fsp3) is 0.500. The molecule has 0 aliphatic heterocycles. The third-order valence-corrected chi connectivity index (χ3v) is 2.55. The molecule has 0 spiro atoms. The Hall–Kier alpha value is -1.58. The average molecular weight is 223 g/mol.